The SMILES string of the molecule is C[C@@H](c1cccc([N+](=O)[O-])c1)N(C)Cc1nnc(C2CC2)o1. The Kier molecular flexibility index (Phi) is 3.89. The summed E-state index contributed by atoms with van der Waals surface area (Å²) in [6.07, 6.45) is 2.25. The Morgan fingerprint density at radius 1 is 1.45 bits per heavy atom. The number of hydrogen-bond donors (Lipinski definition) is 0. The molecule has 0 radical (unpaired) electrons. The van der Waals surface area contributed by atoms with Gasteiger partial charge < -0.3 is 4.42 Å². The number of rotatable bonds is 6. The predicted octanol–water partition coefficient (Wildman–Crippen LogP) is 3.05. The fraction of sp³-hybridized carbons (Fsp3) is 0.467. The van der Waals surface area contributed by atoms with E-state index in [9.17, 15) is 10.1 Å². The molecule has 116 valence electrons. The molecule has 22 heavy (non-hydrogen) atoms. The molecule has 0 saturated heterocycles. The van der Waals surface area contributed by atoms with Crippen LogP contribution in [0.25, 0.3) is 0 Å². The lowest BCUT2D eigenvalue weighted by Gasteiger charge is -2.23. The maximum absolute atomic E-state index is 10.9. The topological polar surface area (TPSA) is 85.3 Å². The molecular weight excluding hydrogens is 284 g/mol. The van der Waals surface area contributed by atoms with Crippen molar-refractivity contribution >= 4 is 5.69 Å². The predicted molar refractivity (Wildman–Crippen MR) is 79.3 cm³/mol. The van der Waals surface area contributed by atoms with Crippen LogP contribution in [0.2, 0.25) is 0 Å². The molecule has 7 heteroatoms. The maximum atomic E-state index is 10.9. The summed E-state index contributed by atoms with van der Waals surface area (Å²) in [5.41, 5.74) is 0.991. The first-order valence-electron chi connectivity index (χ1n) is 7.31. The van der Waals surface area contributed by atoms with Gasteiger partial charge in [0.2, 0.25) is 11.8 Å². The Labute approximate surface area is 128 Å². The van der Waals surface area contributed by atoms with Crippen molar-refractivity contribution in [1.29, 1.82) is 0 Å². The normalized spacial score (nSPS) is 16.0. The molecule has 1 aliphatic rings. The summed E-state index contributed by atoms with van der Waals surface area (Å²) >= 11 is 0. The largest absolute Gasteiger partial charge is 0.424 e. The second-order valence-electron chi connectivity index (χ2n) is 5.75. The minimum absolute atomic E-state index is 0.0103. The zero-order chi connectivity index (χ0) is 15.7. The fourth-order valence-electron chi connectivity index (χ4n) is 2.33. The molecular formula is C15H18N4O3. The van der Waals surface area contributed by atoms with Gasteiger partial charge in [-0.2, -0.15) is 0 Å². The van der Waals surface area contributed by atoms with Crippen molar-refractivity contribution in [2.75, 3.05) is 7.05 Å². The summed E-state index contributed by atoms with van der Waals surface area (Å²) in [6.45, 7) is 2.51. The van der Waals surface area contributed by atoms with Crippen molar-refractivity contribution in [3.05, 3.63) is 51.7 Å². The molecule has 0 amide bonds. The van der Waals surface area contributed by atoms with Crippen LogP contribution in [0.3, 0.4) is 0 Å². The summed E-state index contributed by atoms with van der Waals surface area (Å²) in [4.78, 5) is 12.5. The smallest absolute Gasteiger partial charge is 0.269 e. The Hall–Kier alpha value is -2.28. The Bertz CT molecular complexity index is 681. The number of non-ortho nitro benzene ring substituents is 1. The highest BCUT2D eigenvalue weighted by Gasteiger charge is 2.29. The number of nitro groups is 1. The minimum Gasteiger partial charge on any atom is -0.424 e. The third-order valence-electron chi connectivity index (χ3n) is 4.02. The van der Waals surface area contributed by atoms with Crippen LogP contribution in [-0.2, 0) is 6.54 Å². The van der Waals surface area contributed by atoms with Gasteiger partial charge in [0.25, 0.3) is 5.69 Å². The summed E-state index contributed by atoms with van der Waals surface area (Å²) in [7, 11) is 1.94. The van der Waals surface area contributed by atoms with Gasteiger partial charge >= 0.3 is 0 Å². The third-order valence-corrected chi connectivity index (χ3v) is 4.02. The molecule has 7 nitrogen and oxygen atoms in total. The molecule has 1 aromatic carbocycles. The quantitative estimate of drug-likeness (QED) is 0.602. The van der Waals surface area contributed by atoms with Gasteiger partial charge in [-0.25, -0.2) is 0 Å². The summed E-state index contributed by atoms with van der Waals surface area (Å²) in [6, 6.07) is 6.70. The van der Waals surface area contributed by atoms with E-state index in [2.05, 4.69) is 10.2 Å². The average Bonchev–Trinajstić information content (AvgIpc) is 3.27. The standard InChI is InChI=1S/C15H18N4O3/c1-10(12-4-3-5-13(8-12)19(20)21)18(2)9-14-16-17-15(22-14)11-6-7-11/h3-5,8,10-11H,6-7,9H2,1-2H3/t10-/m0/s1. The lowest BCUT2D eigenvalue weighted by atomic mass is 10.1. The monoisotopic (exact) mass is 302 g/mol. The van der Waals surface area contributed by atoms with E-state index < -0.39 is 0 Å². The van der Waals surface area contributed by atoms with Crippen LogP contribution >= 0.6 is 0 Å². The fourth-order valence-corrected chi connectivity index (χ4v) is 2.33. The van der Waals surface area contributed by atoms with Gasteiger partial charge in [0, 0.05) is 24.1 Å². The van der Waals surface area contributed by atoms with Crippen molar-refractivity contribution in [2.24, 2.45) is 0 Å². The number of benzene rings is 1. The van der Waals surface area contributed by atoms with Crippen molar-refractivity contribution in [2.45, 2.75) is 38.3 Å². The molecule has 3 rings (SSSR count). The lowest BCUT2D eigenvalue weighted by molar-refractivity contribution is -0.384. The van der Waals surface area contributed by atoms with E-state index in [1.54, 1.807) is 12.1 Å². The second kappa shape index (κ2) is 5.84. The minimum atomic E-state index is -0.379. The molecule has 1 aromatic heterocycles. The number of nitrogens with zero attached hydrogens (tertiary/aromatic N) is 4. The molecule has 0 aliphatic heterocycles. The van der Waals surface area contributed by atoms with Crippen LogP contribution in [0.4, 0.5) is 5.69 Å². The van der Waals surface area contributed by atoms with Gasteiger partial charge in [0.15, 0.2) is 0 Å². The van der Waals surface area contributed by atoms with Crippen molar-refractivity contribution in [3.63, 3.8) is 0 Å². The summed E-state index contributed by atoms with van der Waals surface area (Å²) < 4.78 is 5.65. The Balaban J connectivity index is 1.68. The van der Waals surface area contributed by atoms with Gasteiger partial charge in [-0.05, 0) is 32.4 Å². The van der Waals surface area contributed by atoms with Crippen LogP contribution in [0.1, 0.15) is 49.1 Å². The van der Waals surface area contributed by atoms with E-state index in [-0.39, 0.29) is 16.7 Å². The molecule has 1 fully saturated rings. The van der Waals surface area contributed by atoms with Crippen LogP contribution < -0.4 is 0 Å². The Morgan fingerprint density at radius 3 is 2.91 bits per heavy atom. The number of aromatic nitrogens is 2. The van der Waals surface area contributed by atoms with Crippen molar-refractivity contribution in [3.8, 4) is 0 Å². The van der Waals surface area contributed by atoms with Crippen LogP contribution in [0.5, 0.6) is 0 Å². The number of hydrogen-bond acceptors (Lipinski definition) is 6. The van der Waals surface area contributed by atoms with Crippen LogP contribution in [0, 0.1) is 10.1 Å². The summed E-state index contributed by atoms with van der Waals surface area (Å²) in [5, 5.41) is 19.0. The molecule has 2 aromatic rings. The van der Waals surface area contributed by atoms with Gasteiger partial charge in [-0.3, -0.25) is 15.0 Å². The van der Waals surface area contributed by atoms with Crippen LogP contribution in [0.15, 0.2) is 28.7 Å². The Morgan fingerprint density at radius 2 is 2.23 bits per heavy atom. The first-order valence-corrected chi connectivity index (χ1v) is 7.31. The first-order chi connectivity index (χ1) is 10.5. The van der Waals surface area contributed by atoms with E-state index in [0.717, 1.165) is 24.3 Å². The highest BCUT2D eigenvalue weighted by atomic mass is 16.6. The molecule has 1 heterocycles. The second-order valence-corrected chi connectivity index (χ2v) is 5.75. The average molecular weight is 302 g/mol. The zero-order valence-corrected chi connectivity index (χ0v) is 12.6. The highest BCUT2D eigenvalue weighted by molar-refractivity contribution is 5.35. The van der Waals surface area contributed by atoms with E-state index >= 15 is 0 Å². The molecule has 1 atom stereocenters. The molecule has 1 saturated carbocycles. The van der Waals surface area contributed by atoms with Gasteiger partial charge in [-0.1, -0.05) is 12.1 Å². The third kappa shape index (κ3) is 3.14. The molecule has 1 aliphatic carbocycles. The molecule has 0 N–H and O–H groups in total. The summed E-state index contributed by atoms with van der Waals surface area (Å²) in [5.74, 6) is 1.76. The van der Waals surface area contributed by atoms with E-state index in [1.807, 2.05) is 24.9 Å². The zero-order valence-electron chi connectivity index (χ0n) is 12.6. The number of nitro benzene ring substituents is 1. The van der Waals surface area contributed by atoms with Gasteiger partial charge in [0.1, 0.15) is 0 Å². The van der Waals surface area contributed by atoms with E-state index in [0.29, 0.717) is 18.4 Å². The first kappa shape index (κ1) is 14.6. The van der Waals surface area contributed by atoms with Gasteiger partial charge in [0.05, 0.1) is 11.5 Å². The van der Waals surface area contributed by atoms with E-state index in [1.165, 1.54) is 6.07 Å². The molecule has 0 spiro atoms. The van der Waals surface area contributed by atoms with Crippen molar-refractivity contribution < 1.29 is 9.34 Å². The lowest BCUT2D eigenvalue weighted by Crippen LogP contribution is -2.22. The van der Waals surface area contributed by atoms with Crippen LogP contribution in [-0.4, -0.2) is 27.1 Å². The molecule has 0 unspecified atom stereocenters. The molecule has 0 bridgehead atoms. The van der Waals surface area contributed by atoms with Gasteiger partial charge in [-0.15, -0.1) is 10.2 Å². The van der Waals surface area contributed by atoms with E-state index in [4.69, 9.17) is 4.42 Å². The highest BCUT2D eigenvalue weighted by Crippen LogP contribution is 2.39. The maximum Gasteiger partial charge on any atom is 0.269 e. The van der Waals surface area contributed by atoms with Crippen molar-refractivity contribution in [1.82, 2.24) is 15.1 Å².